The van der Waals surface area contributed by atoms with Gasteiger partial charge in [0, 0.05) is 12.0 Å². The largest absolute Gasteiger partial charge is 0.481 e. The standard InChI is InChI=1S/C42H61NO10/c1-9-50-33(45)27-11-10-20-43(27)31-13-14-39(5)30(42(31,8)35(48)51-23-29-24(2)52-36(49)53-29)12-15-41(7)32(39)28(44)21-25-26-22-38(4,34(46)47)17-16-37(26,3)18-19-40(25,41)6/h21,26-27,30-32,36,49H,9-20,22-23H2,1-8H3,(H,46,47)/t26-,27+,30+,31-,32+,36?,37+,38-,39-,40+,41+,42-/m0/s1. The number of esters is 2. The Morgan fingerprint density at radius 3 is 2.32 bits per heavy atom. The highest BCUT2D eigenvalue weighted by atomic mass is 16.8. The summed E-state index contributed by atoms with van der Waals surface area (Å²) in [6.45, 7) is 15.8. The van der Waals surface area contributed by atoms with Gasteiger partial charge in [-0.3, -0.25) is 24.1 Å². The van der Waals surface area contributed by atoms with Gasteiger partial charge >= 0.3 is 24.4 Å². The van der Waals surface area contributed by atoms with Gasteiger partial charge in [-0.05, 0) is 144 Å². The van der Waals surface area contributed by atoms with Gasteiger partial charge < -0.3 is 29.2 Å². The molecule has 7 rings (SSSR count). The topological polar surface area (TPSA) is 149 Å². The second-order valence-corrected chi connectivity index (χ2v) is 19.1. The summed E-state index contributed by atoms with van der Waals surface area (Å²) in [5.41, 5.74) is -2.06. The molecule has 0 aromatic rings. The molecule has 11 heteroatoms. The zero-order valence-corrected chi connectivity index (χ0v) is 33.0. The number of carbonyl (C=O) groups is 4. The third-order valence-corrected chi connectivity index (χ3v) is 16.7. The second kappa shape index (κ2) is 12.8. The van der Waals surface area contributed by atoms with Crippen LogP contribution >= 0.6 is 0 Å². The molecule has 5 fully saturated rings. The number of allylic oxidation sites excluding steroid dienone is 3. The van der Waals surface area contributed by atoms with Crippen molar-refractivity contribution in [1.29, 1.82) is 0 Å². The average Bonchev–Trinajstić information content (AvgIpc) is 3.70. The molecule has 0 amide bonds. The van der Waals surface area contributed by atoms with Crippen LogP contribution in [0.4, 0.5) is 0 Å². The molecule has 2 aliphatic heterocycles. The number of ether oxygens (including phenoxy) is 4. The van der Waals surface area contributed by atoms with Crippen LogP contribution in [0.1, 0.15) is 126 Å². The minimum atomic E-state index is -1.45. The zero-order valence-electron chi connectivity index (χ0n) is 33.0. The maximum atomic E-state index is 15.0. The molecule has 1 saturated heterocycles. The molecule has 2 heterocycles. The molecule has 4 saturated carbocycles. The highest BCUT2D eigenvalue weighted by Gasteiger charge is 2.72. The highest BCUT2D eigenvalue weighted by molar-refractivity contribution is 5.96. The minimum Gasteiger partial charge on any atom is -0.481 e. The maximum Gasteiger partial charge on any atom is 0.358 e. The SMILES string of the molecule is CCOC(=O)[C@H]1CCCN1[C@H]1CC[C@@]2(C)[C@@H](CC[C@]3(C)[C@@H]2C(=O)C=C2[C@@H]4C[C@@](C)(C(=O)O)CC[C@]4(C)CC[C@]23C)[C@]1(C)C(=O)OCC1=C(C)OC(O)O1. The molecule has 0 bridgehead atoms. The van der Waals surface area contributed by atoms with E-state index in [-0.39, 0.29) is 65.4 Å². The van der Waals surface area contributed by atoms with Crippen LogP contribution in [0.15, 0.2) is 23.2 Å². The molecule has 0 aromatic heterocycles. The number of fused-ring (bicyclic) bond motifs is 7. The third-order valence-electron chi connectivity index (χ3n) is 16.7. The molecule has 5 aliphatic carbocycles. The van der Waals surface area contributed by atoms with Gasteiger partial charge in [-0.2, -0.15) is 0 Å². The number of hydrogen-bond donors (Lipinski definition) is 2. The fourth-order valence-corrected chi connectivity index (χ4v) is 13.4. The first-order chi connectivity index (χ1) is 24.8. The summed E-state index contributed by atoms with van der Waals surface area (Å²) in [6.07, 6.45) is 10.1. The zero-order chi connectivity index (χ0) is 38.5. The van der Waals surface area contributed by atoms with Crippen molar-refractivity contribution in [2.75, 3.05) is 19.8 Å². The van der Waals surface area contributed by atoms with Gasteiger partial charge in [0.05, 0.1) is 17.4 Å². The molecule has 11 nitrogen and oxygen atoms in total. The quantitative estimate of drug-likeness (QED) is 0.275. The van der Waals surface area contributed by atoms with Crippen molar-refractivity contribution in [3.8, 4) is 0 Å². The number of aliphatic carboxylic acids is 1. The Hall–Kier alpha value is -2.92. The Morgan fingerprint density at radius 1 is 0.943 bits per heavy atom. The Balaban J connectivity index is 1.28. The van der Waals surface area contributed by atoms with E-state index in [9.17, 15) is 24.6 Å². The lowest BCUT2D eigenvalue weighted by Crippen LogP contribution is -2.70. The van der Waals surface area contributed by atoms with Crippen molar-refractivity contribution >= 4 is 23.7 Å². The number of likely N-dealkylation sites (tertiary alicyclic amines) is 1. The van der Waals surface area contributed by atoms with Crippen LogP contribution in [0.5, 0.6) is 0 Å². The first-order valence-corrected chi connectivity index (χ1v) is 20.1. The summed E-state index contributed by atoms with van der Waals surface area (Å²) >= 11 is 0. The molecule has 1 unspecified atom stereocenters. The van der Waals surface area contributed by atoms with Gasteiger partial charge in [0.15, 0.2) is 18.1 Å². The van der Waals surface area contributed by atoms with Crippen molar-refractivity contribution < 1.29 is 48.3 Å². The van der Waals surface area contributed by atoms with E-state index in [2.05, 4.69) is 32.6 Å². The molecule has 0 aromatic carbocycles. The van der Waals surface area contributed by atoms with Crippen LogP contribution in [0.3, 0.4) is 0 Å². The number of ketones is 1. The minimum absolute atomic E-state index is 0.0207. The molecule has 12 atom stereocenters. The molecular formula is C42H61NO10. The molecule has 2 N–H and O–H groups in total. The van der Waals surface area contributed by atoms with Crippen molar-refractivity contribution in [3.05, 3.63) is 23.2 Å². The number of carboxylic acid groups (broad SMARTS) is 1. The summed E-state index contributed by atoms with van der Waals surface area (Å²) < 4.78 is 22.3. The van der Waals surface area contributed by atoms with Crippen molar-refractivity contribution in [1.82, 2.24) is 4.90 Å². The summed E-state index contributed by atoms with van der Waals surface area (Å²) in [5, 5.41) is 20.2. The number of aliphatic hydroxyl groups excluding tert-OH is 1. The normalized spacial score (nSPS) is 46.5. The van der Waals surface area contributed by atoms with Crippen molar-refractivity contribution in [3.63, 3.8) is 0 Å². The van der Waals surface area contributed by atoms with Crippen LogP contribution in [0.2, 0.25) is 0 Å². The van der Waals surface area contributed by atoms with Gasteiger partial charge in [0.1, 0.15) is 11.8 Å². The van der Waals surface area contributed by atoms with Gasteiger partial charge in [0.2, 0.25) is 0 Å². The first-order valence-electron chi connectivity index (χ1n) is 20.1. The van der Waals surface area contributed by atoms with E-state index in [1.165, 1.54) is 0 Å². The smallest absolute Gasteiger partial charge is 0.358 e. The van der Waals surface area contributed by atoms with E-state index >= 15 is 4.79 Å². The predicted molar refractivity (Wildman–Crippen MR) is 193 cm³/mol. The van der Waals surface area contributed by atoms with Crippen LogP contribution in [-0.4, -0.2) is 77.1 Å². The van der Waals surface area contributed by atoms with Gasteiger partial charge in [-0.15, -0.1) is 0 Å². The molecule has 0 radical (unpaired) electrons. The number of hydrogen-bond acceptors (Lipinski definition) is 10. The highest BCUT2D eigenvalue weighted by Crippen LogP contribution is 2.75. The summed E-state index contributed by atoms with van der Waals surface area (Å²) in [5.74, 6) is -1.28. The molecule has 53 heavy (non-hydrogen) atoms. The lowest BCUT2D eigenvalue weighted by molar-refractivity contribution is -0.214. The van der Waals surface area contributed by atoms with E-state index in [0.717, 1.165) is 37.7 Å². The number of nitrogens with zero attached hydrogens (tertiary/aromatic N) is 1. The molecule has 0 spiro atoms. The van der Waals surface area contributed by atoms with E-state index in [0.29, 0.717) is 50.8 Å². The van der Waals surface area contributed by atoms with E-state index in [4.69, 9.17) is 18.9 Å². The Bertz CT molecular complexity index is 1640. The summed E-state index contributed by atoms with van der Waals surface area (Å²) in [4.78, 5) is 57.9. The third kappa shape index (κ3) is 5.47. The average molecular weight is 740 g/mol. The maximum absolute atomic E-state index is 15.0. The Labute approximate surface area is 314 Å². The molecule has 294 valence electrons. The Kier molecular flexibility index (Phi) is 9.28. The lowest BCUT2D eigenvalue weighted by atomic mass is 9.33. The van der Waals surface area contributed by atoms with E-state index in [1.807, 2.05) is 19.9 Å². The lowest BCUT2D eigenvalue weighted by Gasteiger charge is -2.70. The van der Waals surface area contributed by atoms with Crippen LogP contribution in [0.25, 0.3) is 0 Å². The summed E-state index contributed by atoms with van der Waals surface area (Å²) in [6, 6.07) is -0.774. The first kappa shape index (κ1) is 38.4. The van der Waals surface area contributed by atoms with Crippen LogP contribution in [0, 0.1) is 50.2 Å². The predicted octanol–water partition coefficient (Wildman–Crippen LogP) is 6.53. The van der Waals surface area contributed by atoms with Crippen molar-refractivity contribution in [2.45, 2.75) is 145 Å². The Morgan fingerprint density at radius 2 is 1.66 bits per heavy atom. The molecule has 7 aliphatic rings. The van der Waals surface area contributed by atoms with E-state index < -0.39 is 46.1 Å². The van der Waals surface area contributed by atoms with Gasteiger partial charge in [-0.25, -0.2) is 0 Å². The second-order valence-electron chi connectivity index (χ2n) is 19.1. The fourth-order valence-electron chi connectivity index (χ4n) is 13.4. The molecular weight excluding hydrogens is 678 g/mol. The fraction of sp³-hybridized carbons (Fsp3) is 0.810. The van der Waals surface area contributed by atoms with Gasteiger partial charge in [0.25, 0.3) is 0 Å². The number of carbonyl (C=O) groups excluding carboxylic acids is 3. The van der Waals surface area contributed by atoms with Crippen molar-refractivity contribution in [2.24, 2.45) is 50.2 Å². The van der Waals surface area contributed by atoms with Gasteiger partial charge in [-0.1, -0.05) is 33.3 Å². The monoisotopic (exact) mass is 739 g/mol. The van der Waals surface area contributed by atoms with Crippen LogP contribution in [-0.2, 0) is 38.1 Å². The number of aliphatic hydroxyl groups is 1. The van der Waals surface area contributed by atoms with Crippen LogP contribution < -0.4 is 0 Å². The van der Waals surface area contributed by atoms with E-state index in [1.54, 1.807) is 13.8 Å². The summed E-state index contributed by atoms with van der Waals surface area (Å²) in [7, 11) is 0. The number of rotatable bonds is 7. The number of carboxylic acids is 1.